The quantitative estimate of drug-likeness (QED) is 0.764. The first-order chi connectivity index (χ1) is 7.66. The first kappa shape index (κ1) is 12.8. The lowest BCUT2D eigenvalue weighted by Crippen LogP contribution is -2.33. The predicted molar refractivity (Wildman–Crippen MR) is 82.7 cm³/mol. The molecule has 1 saturated heterocycles. The molecule has 2 unspecified atom stereocenters. The minimum atomic E-state index is 0.591. The molecule has 2 atom stereocenters. The van der Waals surface area contributed by atoms with Crippen LogP contribution in [0.3, 0.4) is 0 Å². The number of nitrogens with one attached hydrogen (secondary N) is 1. The average molecular weight is 368 g/mol. The van der Waals surface area contributed by atoms with Gasteiger partial charge in [-0.15, -0.1) is 0 Å². The molecule has 88 valence electrons. The van der Waals surface area contributed by atoms with Gasteiger partial charge in [0.05, 0.1) is 0 Å². The molecular formula is C12H15ClINS. The van der Waals surface area contributed by atoms with E-state index in [9.17, 15) is 0 Å². The summed E-state index contributed by atoms with van der Waals surface area (Å²) in [5.74, 6) is 1.30. The number of anilines is 1. The van der Waals surface area contributed by atoms with Gasteiger partial charge in [-0.1, -0.05) is 18.5 Å². The highest BCUT2D eigenvalue weighted by molar-refractivity contribution is 14.1. The fraction of sp³-hybridized carbons (Fsp3) is 0.500. The Kier molecular flexibility index (Phi) is 4.67. The molecule has 0 radical (unpaired) electrons. The molecular weight excluding hydrogens is 353 g/mol. The van der Waals surface area contributed by atoms with Crippen LogP contribution < -0.4 is 5.32 Å². The number of thioether (sulfide) groups is 1. The highest BCUT2D eigenvalue weighted by Gasteiger charge is 2.21. The standard InChI is InChI=1S/C12H15ClINS/c1-8-11(3-2-6-16-8)15-12-5-4-9(13)7-10(12)14/h4-5,7-8,11,15H,2-3,6H2,1H3. The van der Waals surface area contributed by atoms with E-state index in [2.05, 4.69) is 52.7 Å². The molecule has 1 nitrogen and oxygen atoms in total. The third-order valence-corrected chi connectivity index (χ3v) is 5.39. The summed E-state index contributed by atoms with van der Waals surface area (Å²) in [4.78, 5) is 0. The molecule has 0 aromatic heterocycles. The van der Waals surface area contributed by atoms with E-state index >= 15 is 0 Å². The van der Waals surface area contributed by atoms with Crippen LogP contribution in [-0.4, -0.2) is 17.0 Å². The second-order valence-corrected chi connectivity index (χ2v) is 7.18. The van der Waals surface area contributed by atoms with Gasteiger partial charge >= 0.3 is 0 Å². The minimum Gasteiger partial charge on any atom is -0.380 e. The zero-order chi connectivity index (χ0) is 11.5. The van der Waals surface area contributed by atoms with Crippen molar-refractivity contribution in [1.29, 1.82) is 0 Å². The number of benzene rings is 1. The molecule has 4 heteroatoms. The van der Waals surface area contributed by atoms with Crippen molar-refractivity contribution >= 4 is 51.6 Å². The molecule has 16 heavy (non-hydrogen) atoms. The van der Waals surface area contributed by atoms with Crippen LogP contribution in [0.4, 0.5) is 5.69 Å². The third-order valence-electron chi connectivity index (χ3n) is 2.88. The van der Waals surface area contributed by atoms with Gasteiger partial charge in [-0.3, -0.25) is 0 Å². The zero-order valence-electron chi connectivity index (χ0n) is 9.17. The minimum absolute atomic E-state index is 0.591. The Morgan fingerprint density at radius 3 is 3.00 bits per heavy atom. The fourth-order valence-corrected chi connectivity index (χ4v) is 4.09. The topological polar surface area (TPSA) is 12.0 Å². The first-order valence-electron chi connectivity index (χ1n) is 5.50. The second-order valence-electron chi connectivity index (χ2n) is 4.09. The van der Waals surface area contributed by atoms with Gasteiger partial charge in [0.15, 0.2) is 0 Å². The van der Waals surface area contributed by atoms with Crippen molar-refractivity contribution in [2.75, 3.05) is 11.1 Å². The van der Waals surface area contributed by atoms with E-state index in [-0.39, 0.29) is 0 Å². The highest BCUT2D eigenvalue weighted by Crippen LogP contribution is 2.30. The summed E-state index contributed by atoms with van der Waals surface area (Å²) in [7, 11) is 0. The summed E-state index contributed by atoms with van der Waals surface area (Å²) in [5, 5.41) is 5.14. The summed E-state index contributed by atoms with van der Waals surface area (Å²) in [6, 6.07) is 6.63. The molecule has 2 rings (SSSR count). The Hall–Kier alpha value is 0.390. The fourth-order valence-electron chi connectivity index (χ4n) is 1.92. The predicted octanol–water partition coefficient (Wildman–Crippen LogP) is 4.64. The molecule has 1 aromatic rings. The van der Waals surface area contributed by atoms with Crippen LogP contribution in [0, 0.1) is 3.57 Å². The van der Waals surface area contributed by atoms with E-state index in [1.165, 1.54) is 27.9 Å². The van der Waals surface area contributed by atoms with Crippen LogP contribution >= 0.6 is 46.0 Å². The van der Waals surface area contributed by atoms with Crippen LogP contribution in [0.15, 0.2) is 18.2 Å². The first-order valence-corrected chi connectivity index (χ1v) is 8.00. The molecule has 1 aliphatic heterocycles. The Morgan fingerprint density at radius 1 is 1.50 bits per heavy atom. The number of rotatable bonds is 2. The lowest BCUT2D eigenvalue weighted by molar-refractivity contribution is 0.617. The molecule has 1 aromatic carbocycles. The second kappa shape index (κ2) is 5.83. The maximum Gasteiger partial charge on any atom is 0.0479 e. The van der Waals surface area contributed by atoms with Crippen LogP contribution in [0.1, 0.15) is 19.8 Å². The van der Waals surface area contributed by atoms with Crippen molar-refractivity contribution in [2.24, 2.45) is 0 Å². The Morgan fingerprint density at radius 2 is 2.31 bits per heavy atom. The summed E-state index contributed by atoms with van der Waals surface area (Å²) < 4.78 is 1.20. The van der Waals surface area contributed by atoms with Crippen molar-refractivity contribution in [3.05, 3.63) is 26.8 Å². The molecule has 1 N–H and O–H groups in total. The molecule has 0 spiro atoms. The normalized spacial score (nSPS) is 25.4. The van der Waals surface area contributed by atoms with Crippen molar-refractivity contribution in [3.8, 4) is 0 Å². The molecule has 1 aliphatic rings. The van der Waals surface area contributed by atoms with Gasteiger partial charge in [-0.05, 0) is 59.4 Å². The number of hydrogen-bond acceptors (Lipinski definition) is 2. The molecule has 1 heterocycles. The average Bonchev–Trinajstić information content (AvgIpc) is 2.25. The SMILES string of the molecule is CC1SCCCC1Nc1ccc(Cl)cc1I. The number of halogens is 2. The molecule has 1 fully saturated rings. The monoisotopic (exact) mass is 367 g/mol. The summed E-state index contributed by atoms with van der Waals surface area (Å²) in [6.07, 6.45) is 2.59. The summed E-state index contributed by atoms with van der Waals surface area (Å²) in [6.45, 7) is 2.31. The van der Waals surface area contributed by atoms with Gasteiger partial charge < -0.3 is 5.32 Å². The Labute approximate surface area is 120 Å². The maximum atomic E-state index is 5.95. The zero-order valence-corrected chi connectivity index (χ0v) is 12.9. The van der Waals surface area contributed by atoms with E-state index in [0.29, 0.717) is 11.3 Å². The Balaban J connectivity index is 2.07. The lowest BCUT2D eigenvalue weighted by atomic mass is 10.1. The van der Waals surface area contributed by atoms with Crippen molar-refractivity contribution in [3.63, 3.8) is 0 Å². The van der Waals surface area contributed by atoms with E-state index in [1.807, 2.05) is 12.1 Å². The van der Waals surface area contributed by atoms with E-state index < -0.39 is 0 Å². The summed E-state index contributed by atoms with van der Waals surface area (Å²) in [5.41, 5.74) is 1.21. The van der Waals surface area contributed by atoms with Gasteiger partial charge in [-0.25, -0.2) is 0 Å². The van der Waals surface area contributed by atoms with Crippen molar-refractivity contribution in [2.45, 2.75) is 31.1 Å². The van der Waals surface area contributed by atoms with Gasteiger partial charge in [0.25, 0.3) is 0 Å². The molecule has 0 bridgehead atoms. The molecule has 0 aliphatic carbocycles. The molecule has 0 amide bonds. The smallest absolute Gasteiger partial charge is 0.0479 e. The van der Waals surface area contributed by atoms with Crippen LogP contribution in [0.25, 0.3) is 0 Å². The molecule has 0 saturated carbocycles. The number of hydrogen-bond donors (Lipinski definition) is 1. The Bertz CT molecular complexity index is 372. The van der Waals surface area contributed by atoms with E-state index in [4.69, 9.17) is 11.6 Å². The van der Waals surface area contributed by atoms with E-state index in [0.717, 1.165) is 5.02 Å². The van der Waals surface area contributed by atoms with Crippen LogP contribution in [-0.2, 0) is 0 Å². The van der Waals surface area contributed by atoms with Gasteiger partial charge in [-0.2, -0.15) is 11.8 Å². The van der Waals surface area contributed by atoms with Crippen molar-refractivity contribution < 1.29 is 0 Å². The van der Waals surface area contributed by atoms with Gasteiger partial charge in [0.2, 0.25) is 0 Å². The van der Waals surface area contributed by atoms with Gasteiger partial charge in [0, 0.05) is 25.6 Å². The van der Waals surface area contributed by atoms with E-state index in [1.54, 1.807) is 0 Å². The maximum absolute atomic E-state index is 5.95. The van der Waals surface area contributed by atoms with Gasteiger partial charge in [0.1, 0.15) is 0 Å². The van der Waals surface area contributed by atoms with Crippen LogP contribution in [0.2, 0.25) is 5.02 Å². The highest BCUT2D eigenvalue weighted by atomic mass is 127. The summed E-state index contributed by atoms with van der Waals surface area (Å²) >= 11 is 10.4. The largest absolute Gasteiger partial charge is 0.380 e. The van der Waals surface area contributed by atoms with Crippen LogP contribution in [0.5, 0.6) is 0 Å². The van der Waals surface area contributed by atoms with Crippen molar-refractivity contribution in [1.82, 2.24) is 0 Å². The lowest BCUT2D eigenvalue weighted by Gasteiger charge is -2.30. The third kappa shape index (κ3) is 3.20.